The van der Waals surface area contributed by atoms with Crippen LogP contribution in [0.4, 0.5) is 0 Å². The quantitative estimate of drug-likeness (QED) is 0.869. The second-order valence-corrected chi connectivity index (χ2v) is 8.30. The fourth-order valence-corrected chi connectivity index (χ4v) is 4.84. The maximum atomic E-state index is 6.45. The largest absolute Gasteiger partial charge is 0.490 e. The fraction of sp³-hybridized carbons (Fsp3) is 0.500. The van der Waals surface area contributed by atoms with Gasteiger partial charge in [-0.15, -0.1) is 12.4 Å². The molecular weight excluding hydrogens is 358 g/mol. The van der Waals surface area contributed by atoms with Crippen molar-refractivity contribution in [2.45, 2.75) is 44.9 Å². The van der Waals surface area contributed by atoms with Crippen molar-refractivity contribution in [3.8, 4) is 5.75 Å². The first-order valence-corrected chi connectivity index (χ1v) is 9.86. The predicted octanol–water partition coefficient (Wildman–Crippen LogP) is 3.75. The lowest BCUT2D eigenvalue weighted by Crippen LogP contribution is -2.62. The summed E-state index contributed by atoms with van der Waals surface area (Å²) in [5, 5.41) is 3.40. The van der Waals surface area contributed by atoms with Crippen LogP contribution in [0.1, 0.15) is 42.6 Å². The van der Waals surface area contributed by atoms with Gasteiger partial charge in [0, 0.05) is 55.8 Å². The molecule has 1 saturated carbocycles. The Kier molecular flexibility index (Phi) is 5.15. The highest BCUT2D eigenvalue weighted by atomic mass is 35.5. The molecule has 1 unspecified atom stereocenters. The Balaban J connectivity index is 0.00000180. The highest BCUT2D eigenvalue weighted by Crippen LogP contribution is 2.47. The first kappa shape index (κ1) is 18.7. The summed E-state index contributed by atoms with van der Waals surface area (Å²) in [7, 11) is 0. The number of halogens is 1. The maximum absolute atomic E-state index is 6.45. The van der Waals surface area contributed by atoms with E-state index in [0.29, 0.717) is 17.6 Å². The van der Waals surface area contributed by atoms with E-state index in [1.165, 1.54) is 42.8 Å². The molecule has 1 aromatic carbocycles. The fourth-order valence-electron chi connectivity index (χ4n) is 4.84. The molecule has 3 heterocycles. The number of hydrogen-bond donors (Lipinski definition) is 1. The van der Waals surface area contributed by atoms with E-state index in [1.807, 2.05) is 6.20 Å². The Morgan fingerprint density at radius 1 is 1.19 bits per heavy atom. The van der Waals surface area contributed by atoms with Crippen molar-refractivity contribution < 1.29 is 4.74 Å². The summed E-state index contributed by atoms with van der Waals surface area (Å²) in [4.78, 5) is 7.21. The van der Waals surface area contributed by atoms with Gasteiger partial charge in [0.2, 0.25) is 0 Å². The molecule has 1 aromatic heterocycles. The third kappa shape index (κ3) is 3.46. The first-order chi connectivity index (χ1) is 12.7. The molecule has 1 spiro atoms. The summed E-state index contributed by atoms with van der Waals surface area (Å²) >= 11 is 0. The minimum Gasteiger partial charge on any atom is -0.490 e. The van der Waals surface area contributed by atoms with E-state index < -0.39 is 0 Å². The molecule has 4 nitrogen and oxygen atoms in total. The van der Waals surface area contributed by atoms with E-state index in [9.17, 15) is 0 Å². The summed E-state index contributed by atoms with van der Waals surface area (Å²) in [6.07, 6.45) is 5.69. The van der Waals surface area contributed by atoms with Gasteiger partial charge in [0.05, 0.1) is 11.8 Å². The number of fused-ring (bicyclic) bond motifs is 1. The standard InChI is InChI=1S/C22H27N3O.ClH/c1-16-21-19(8-10-25(16)13-17-5-3-2-4-6-17)24-9-7-20(21)26-18-11-22(12-18)14-23-15-22;/h2-7,9,16,18,23H,8,10-15H2,1H3;1H. The highest BCUT2D eigenvalue weighted by molar-refractivity contribution is 5.85. The summed E-state index contributed by atoms with van der Waals surface area (Å²) in [6.45, 7) is 6.67. The Morgan fingerprint density at radius 2 is 1.96 bits per heavy atom. The number of nitrogens with zero attached hydrogens (tertiary/aromatic N) is 2. The van der Waals surface area contributed by atoms with Crippen molar-refractivity contribution in [3.05, 3.63) is 59.4 Å². The van der Waals surface area contributed by atoms with Crippen molar-refractivity contribution in [2.75, 3.05) is 19.6 Å². The molecule has 5 heteroatoms. The van der Waals surface area contributed by atoms with Crippen LogP contribution >= 0.6 is 12.4 Å². The molecule has 144 valence electrons. The maximum Gasteiger partial charge on any atom is 0.127 e. The average molecular weight is 386 g/mol. The third-order valence-corrected chi connectivity index (χ3v) is 6.48. The van der Waals surface area contributed by atoms with E-state index >= 15 is 0 Å². The van der Waals surface area contributed by atoms with Crippen LogP contribution in [-0.2, 0) is 13.0 Å². The molecule has 1 saturated heterocycles. The Morgan fingerprint density at radius 3 is 2.67 bits per heavy atom. The van der Waals surface area contributed by atoms with Gasteiger partial charge in [-0.1, -0.05) is 30.3 Å². The lowest BCUT2D eigenvalue weighted by molar-refractivity contribution is -0.0505. The number of ether oxygens (including phenoxy) is 1. The lowest BCUT2D eigenvalue weighted by atomic mass is 9.63. The molecule has 27 heavy (non-hydrogen) atoms. The molecule has 1 aliphatic carbocycles. The molecule has 2 aliphatic heterocycles. The van der Waals surface area contributed by atoms with E-state index in [1.54, 1.807) is 0 Å². The minimum atomic E-state index is 0. The lowest BCUT2D eigenvalue weighted by Gasteiger charge is -2.54. The number of benzene rings is 1. The normalized spacial score (nSPS) is 23.7. The van der Waals surface area contributed by atoms with Crippen LogP contribution < -0.4 is 10.1 Å². The van der Waals surface area contributed by atoms with Gasteiger partial charge in [-0.05, 0) is 31.4 Å². The number of pyridine rings is 1. The van der Waals surface area contributed by atoms with E-state index in [-0.39, 0.29) is 12.4 Å². The molecule has 0 radical (unpaired) electrons. The zero-order valence-corrected chi connectivity index (χ0v) is 16.7. The molecule has 3 aliphatic rings. The van der Waals surface area contributed by atoms with Crippen molar-refractivity contribution >= 4 is 12.4 Å². The SMILES string of the molecule is CC1c2c(OC3CC4(CNC4)C3)ccnc2CCN1Cc1ccccc1.Cl. The second-order valence-electron chi connectivity index (χ2n) is 8.30. The second kappa shape index (κ2) is 7.42. The average Bonchev–Trinajstić information content (AvgIpc) is 2.59. The smallest absolute Gasteiger partial charge is 0.127 e. The van der Waals surface area contributed by atoms with Gasteiger partial charge in [0.25, 0.3) is 0 Å². The molecule has 2 aromatic rings. The molecule has 1 atom stereocenters. The van der Waals surface area contributed by atoms with Crippen molar-refractivity contribution in [2.24, 2.45) is 5.41 Å². The molecule has 2 fully saturated rings. The van der Waals surface area contributed by atoms with Crippen LogP contribution in [-0.4, -0.2) is 35.6 Å². The van der Waals surface area contributed by atoms with E-state index in [0.717, 1.165) is 25.3 Å². The van der Waals surface area contributed by atoms with Gasteiger partial charge >= 0.3 is 0 Å². The number of rotatable bonds is 4. The molecule has 0 bridgehead atoms. The molecular formula is C22H28ClN3O. The first-order valence-electron chi connectivity index (χ1n) is 9.86. The van der Waals surface area contributed by atoms with Crippen molar-refractivity contribution in [1.29, 1.82) is 0 Å². The summed E-state index contributed by atoms with van der Waals surface area (Å²) < 4.78 is 6.45. The number of hydrogen-bond acceptors (Lipinski definition) is 4. The van der Waals surface area contributed by atoms with E-state index in [2.05, 4.69) is 58.5 Å². The zero-order valence-electron chi connectivity index (χ0n) is 15.9. The van der Waals surface area contributed by atoms with Crippen LogP contribution in [0.5, 0.6) is 5.75 Å². The third-order valence-electron chi connectivity index (χ3n) is 6.48. The molecule has 0 amide bonds. The van der Waals surface area contributed by atoms with Crippen LogP contribution in [0.3, 0.4) is 0 Å². The van der Waals surface area contributed by atoms with Crippen molar-refractivity contribution in [3.63, 3.8) is 0 Å². The number of aromatic nitrogens is 1. The number of nitrogens with one attached hydrogen (secondary N) is 1. The van der Waals surface area contributed by atoms with Crippen LogP contribution in [0.2, 0.25) is 0 Å². The topological polar surface area (TPSA) is 37.4 Å². The minimum absolute atomic E-state index is 0. The zero-order chi connectivity index (χ0) is 17.6. The summed E-state index contributed by atoms with van der Waals surface area (Å²) in [5.74, 6) is 1.06. The Bertz CT molecular complexity index is 785. The van der Waals surface area contributed by atoms with Crippen LogP contribution in [0.15, 0.2) is 42.6 Å². The predicted molar refractivity (Wildman–Crippen MR) is 109 cm³/mol. The summed E-state index contributed by atoms with van der Waals surface area (Å²) in [5.41, 5.74) is 4.44. The molecule has 1 N–H and O–H groups in total. The van der Waals surface area contributed by atoms with Gasteiger partial charge in [0.1, 0.15) is 5.75 Å². The molecule has 5 rings (SSSR count). The van der Waals surface area contributed by atoms with Gasteiger partial charge < -0.3 is 10.1 Å². The van der Waals surface area contributed by atoms with E-state index in [4.69, 9.17) is 4.74 Å². The Hall–Kier alpha value is -1.62. The van der Waals surface area contributed by atoms with Crippen LogP contribution in [0.25, 0.3) is 0 Å². The van der Waals surface area contributed by atoms with Gasteiger partial charge in [0.15, 0.2) is 0 Å². The summed E-state index contributed by atoms with van der Waals surface area (Å²) in [6, 6.07) is 13.2. The monoisotopic (exact) mass is 385 g/mol. The van der Waals surface area contributed by atoms with Gasteiger partial charge in [-0.25, -0.2) is 0 Å². The van der Waals surface area contributed by atoms with Gasteiger partial charge in [-0.2, -0.15) is 0 Å². The Labute approximate surface area is 167 Å². The van der Waals surface area contributed by atoms with Gasteiger partial charge in [-0.3, -0.25) is 9.88 Å². The highest BCUT2D eigenvalue weighted by Gasteiger charge is 2.49. The van der Waals surface area contributed by atoms with Crippen molar-refractivity contribution in [1.82, 2.24) is 15.2 Å². The van der Waals surface area contributed by atoms with Crippen LogP contribution in [0, 0.1) is 5.41 Å².